The summed E-state index contributed by atoms with van der Waals surface area (Å²) in [6.07, 6.45) is 0. The summed E-state index contributed by atoms with van der Waals surface area (Å²) in [5.41, 5.74) is 1.77. The number of hydrogen-bond acceptors (Lipinski definition) is 5. The molecule has 0 aliphatic rings. The Hall–Kier alpha value is -1.64. The van der Waals surface area contributed by atoms with Crippen molar-refractivity contribution in [2.24, 2.45) is 0 Å². The first kappa shape index (κ1) is 12.4. The van der Waals surface area contributed by atoms with E-state index in [1.807, 2.05) is 16.8 Å². The van der Waals surface area contributed by atoms with E-state index in [1.165, 1.54) is 11.3 Å². The number of rotatable bonds is 4. The summed E-state index contributed by atoms with van der Waals surface area (Å²) >= 11 is 2.74. The molecule has 0 amide bonds. The van der Waals surface area contributed by atoms with Crippen LogP contribution in [0.5, 0.6) is 0 Å². The van der Waals surface area contributed by atoms with E-state index in [9.17, 15) is 8.42 Å². The molecule has 0 fully saturated rings. The van der Waals surface area contributed by atoms with E-state index in [2.05, 4.69) is 14.9 Å². The van der Waals surface area contributed by atoms with Crippen LogP contribution in [0.15, 0.2) is 44.6 Å². The first-order valence-corrected chi connectivity index (χ1v) is 8.60. The zero-order valence-corrected chi connectivity index (χ0v) is 12.0. The van der Waals surface area contributed by atoms with Crippen LogP contribution in [-0.4, -0.2) is 18.6 Å². The quantitative estimate of drug-likeness (QED) is 0.778. The van der Waals surface area contributed by atoms with Crippen molar-refractivity contribution in [1.29, 1.82) is 0 Å². The largest absolute Gasteiger partial charge is 0.276 e. The van der Waals surface area contributed by atoms with Gasteiger partial charge in [-0.3, -0.25) is 9.82 Å². The zero-order chi connectivity index (χ0) is 13.3. The molecule has 3 aromatic rings. The van der Waals surface area contributed by atoms with E-state index >= 15 is 0 Å². The van der Waals surface area contributed by atoms with E-state index in [0.717, 1.165) is 11.3 Å². The third-order valence-electron chi connectivity index (χ3n) is 2.41. The Morgan fingerprint density at radius 1 is 1.26 bits per heavy atom. The summed E-state index contributed by atoms with van der Waals surface area (Å²) in [6, 6.07) is 6.86. The average molecular weight is 311 g/mol. The molecule has 5 nitrogen and oxygen atoms in total. The Balaban J connectivity index is 1.85. The molecular weight excluding hydrogens is 302 g/mol. The van der Waals surface area contributed by atoms with Crippen LogP contribution in [0.3, 0.4) is 0 Å². The molecular formula is C11H9N3O2S3. The summed E-state index contributed by atoms with van der Waals surface area (Å²) in [7, 11) is -3.54. The maximum Gasteiger partial charge on any atom is 0.272 e. The molecule has 0 aromatic carbocycles. The van der Waals surface area contributed by atoms with Gasteiger partial charge in [0.2, 0.25) is 0 Å². The highest BCUT2D eigenvalue weighted by atomic mass is 32.2. The van der Waals surface area contributed by atoms with Gasteiger partial charge in [-0.05, 0) is 22.9 Å². The normalized spacial score (nSPS) is 11.6. The van der Waals surface area contributed by atoms with Gasteiger partial charge in [0.25, 0.3) is 10.0 Å². The maximum atomic E-state index is 12.0. The van der Waals surface area contributed by atoms with E-state index < -0.39 is 10.0 Å². The SMILES string of the molecule is O=S(=O)(Nc1cc(-c2ccsc2)[nH]n1)c1cccs1. The lowest BCUT2D eigenvalue weighted by Crippen LogP contribution is -2.11. The number of hydrogen-bond donors (Lipinski definition) is 2. The zero-order valence-electron chi connectivity index (χ0n) is 9.53. The van der Waals surface area contributed by atoms with Crippen LogP contribution >= 0.6 is 22.7 Å². The molecule has 0 bridgehead atoms. The van der Waals surface area contributed by atoms with Gasteiger partial charge in [-0.15, -0.1) is 11.3 Å². The maximum absolute atomic E-state index is 12.0. The highest BCUT2D eigenvalue weighted by Gasteiger charge is 2.16. The lowest BCUT2D eigenvalue weighted by molar-refractivity contribution is 0.603. The Labute approximate surface area is 118 Å². The van der Waals surface area contributed by atoms with Crippen LogP contribution in [0.2, 0.25) is 0 Å². The Morgan fingerprint density at radius 3 is 2.84 bits per heavy atom. The molecule has 0 unspecified atom stereocenters. The molecule has 98 valence electrons. The second-order valence-electron chi connectivity index (χ2n) is 3.72. The van der Waals surface area contributed by atoms with Crippen LogP contribution in [0.25, 0.3) is 11.3 Å². The van der Waals surface area contributed by atoms with Crippen LogP contribution in [0, 0.1) is 0 Å². The van der Waals surface area contributed by atoms with E-state index in [1.54, 1.807) is 34.9 Å². The molecule has 0 radical (unpaired) electrons. The van der Waals surface area contributed by atoms with E-state index in [-0.39, 0.29) is 10.0 Å². The van der Waals surface area contributed by atoms with Crippen LogP contribution in [0.1, 0.15) is 0 Å². The number of nitrogens with zero attached hydrogens (tertiary/aromatic N) is 1. The van der Waals surface area contributed by atoms with Gasteiger partial charge in [-0.1, -0.05) is 6.07 Å². The molecule has 0 saturated carbocycles. The molecule has 0 spiro atoms. The molecule has 0 aliphatic heterocycles. The fourth-order valence-corrected chi connectivity index (χ4v) is 4.18. The van der Waals surface area contributed by atoms with Gasteiger partial charge in [0.1, 0.15) is 4.21 Å². The molecule has 0 saturated heterocycles. The lowest BCUT2D eigenvalue weighted by Gasteiger charge is -2.01. The highest BCUT2D eigenvalue weighted by Crippen LogP contribution is 2.24. The minimum Gasteiger partial charge on any atom is -0.276 e. The third-order valence-corrected chi connectivity index (χ3v) is 5.84. The summed E-state index contributed by atoms with van der Waals surface area (Å²) < 4.78 is 26.7. The van der Waals surface area contributed by atoms with Crippen molar-refractivity contribution in [2.75, 3.05) is 4.72 Å². The predicted octanol–water partition coefficient (Wildman–Crippen LogP) is 3.00. The smallest absolute Gasteiger partial charge is 0.272 e. The van der Waals surface area contributed by atoms with Crippen LogP contribution in [-0.2, 0) is 10.0 Å². The van der Waals surface area contributed by atoms with E-state index in [0.29, 0.717) is 0 Å². The molecule has 2 N–H and O–H groups in total. The van der Waals surface area contributed by atoms with Crippen molar-refractivity contribution in [3.63, 3.8) is 0 Å². The first-order chi connectivity index (χ1) is 9.15. The predicted molar refractivity (Wildman–Crippen MR) is 77.0 cm³/mol. The van der Waals surface area contributed by atoms with Gasteiger partial charge >= 0.3 is 0 Å². The Morgan fingerprint density at radius 2 is 2.16 bits per heavy atom. The van der Waals surface area contributed by atoms with E-state index in [4.69, 9.17) is 0 Å². The number of H-pyrrole nitrogens is 1. The Kier molecular flexibility index (Phi) is 3.13. The number of aromatic amines is 1. The second kappa shape index (κ2) is 4.80. The third kappa shape index (κ3) is 2.55. The number of thiophene rings is 2. The topological polar surface area (TPSA) is 74.8 Å². The minimum absolute atomic E-state index is 0.271. The summed E-state index contributed by atoms with van der Waals surface area (Å²) in [5, 5.41) is 12.4. The number of sulfonamides is 1. The summed E-state index contributed by atoms with van der Waals surface area (Å²) in [4.78, 5) is 0. The first-order valence-electron chi connectivity index (χ1n) is 5.29. The van der Waals surface area contributed by atoms with Gasteiger partial charge in [-0.2, -0.15) is 16.4 Å². The van der Waals surface area contributed by atoms with Crippen molar-refractivity contribution in [3.8, 4) is 11.3 Å². The molecule has 3 aromatic heterocycles. The highest BCUT2D eigenvalue weighted by molar-refractivity contribution is 7.94. The van der Waals surface area contributed by atoms with Crippen LogP contribution < -0.4 is 4.72 Å². The van der Waals surface area contributed by atoms with Crippen molar-refractivity contribution < 1.29 is 8.42 Å². The number of aromatic nitrogens is 2. The molecule has 3 rings (SSSR count). The van der Waals surface area contributed by atoms with Gasteiger partial charge in [0.15, 0.2) is 5.82 Å². The molecule has 19 heavy (non-hydrogen) atoms. The minimum atomic E-state index is -3.54. The molecule has 0 aliphatic carbocycles. The van der Waals surface area contributed by atoms with Crippen molar-refractivity contribution >= 4 is 38.5 Å². The van der Waals surface area contributed by atoms with Gasteiger partial charge in [0, 0.05) is 17.0 Å². The molecule has 0 atom stereocenters. The van der Waals surface area contributed by atoms with Gasteiger partial charge in [0.05, 0.1) is 5.69 Å². The second-order valence-corrected chi connectivity index (χ2v) is 7.35. The average Bonchev–Trinajstić information content (AvgIpc) is 3.11. The monoisotopic (exact) mass is 311 g/mol. The van der Waals surface area contributed by atoms with Crippen LogP contribution in [0.4, 0.5) is 5.82 Å². The van der Waals surface area contributed by atoms with Gasteiger partial charge < -0.3 is 0 Å². The fourth-order valence-electron chi connectivity index (χ4n) is 1.54. The Bertz CT molecular complexity index is 758. The van der Waals surface area contributed by atoms with Crippen molar-refractivity contribution in [3.05, 3.63) is 40.4 Å². The summed E-state index contributed by atoms with van der Waals surface area (Å²) in [6.45, 7) is 0. The lowest BCUT2D eigenvalue weighted by atomic mass is 10.2. The van der Waals surface area contributed by atoms with Crippen molar-refractivity contribution in [2.45, 2.75) is 4.21 Å². The van der Waals surface area contributed by atoms with Crippen molar-refractivity contribution in [1.82, 2.24) is 10.2 Å². The molecule has 8 heteroatoms. The van der Waals surface area contributed by atoms with Gasteiger partial charge in [-0.25, -0.2) is 8.42 Å². The summed E-state index contributed by atoms with van der Waals surface area (Å²) in [5.74, 6) is 0.287. The standard InChI is InChI=1S/C11H9N3O2S3/c15-19(16,11-2-1-4-18-11)14-10-6-9(12-13-10)8-3-5-17-7-8/h1-7H,(H2,12,13,14). The fraction of sp³-hybridized carbons (Fsp3) is 0. The number of anilines is 1. The molecule has 3 heterocycles. The number of nitrogens with one attached hydrogen (secondary N) is 2.